The number of hydrogen-bond acceptors (Lipinski definition) is 5. The second-order valence-electron chi connectivity index (χ2n) is 5.12. The summed E-state index contributed by atoms with van der Waals surface area (Å²) in [5.41, 5.74) is 0.809. The predicted octanol–water partition coefficient (Wildman–Crippen LogP) is 4.92. The summed E-state index contributed by atoms with van der Waals surface area (Å²) in [6.45, 7) is 6.19. The summed E-state index contributed by atoms with van der Waals surface area (Å²) >= 11 is 0. The lowest BCUT2D eigenvalue weighted by molar-refractivity contribution is -0.140. The first-order valence-electron chi connectivity index (χ1n) is 7.98. The quantitative estimate of drug-likeness (QED) is 0.685. The molecule has 0 radical (unpaired) electrons. The molecule has 0 aliphatic heterocycles. The van der Waals surface area contributed by atoms with Gasteiger partial charge in [0.05, 0.1) is 12.0 Å². The van der Waals surface area contributed by atoms with Crippen LogP contribution in [0.5, 0.6) is 0 Å². The number of unbranched alkanes of at least 4 members (excludes halogenated alkanes) is 1. The molecule has 1 rings (SSSR count). The van der Waals surface area contributed by atoms with Crippen LogP contribution < -0.4 is 5.32 Å². The molecule has 0 aromatic heterocycles. The van der Waals surface area contributed by atoms with E-state index < -0.39 is 21.1 Å². The van der Waals surface area contributed by atoms with E-state index >= 15 is 0 Å². The van der Waals surface area contributed by atoms with Crippen LogP contribution in [0.25, 0.3) is 0 Å². The Morgan fingerprint density at radius 2 is 1.52 bits per heavy atom. The molecule has 0 saturated carbocycles. The first-order valence-corrected chi connectivity index (χ1v) is 9.53. The van der Waals surface area contributed by atoms with Crippen LogP contribution in [0.3, 0.4) is 0 Å². The molecule has 0 heterocycles. The second kappa shape index (κ2) is 14.8. The van der Waals surface area contributed by atoms with Crippen LogP contribution >= 0.6 is 0 Å². The normalized spacial score (nSPS) is 10.9. The molecule has 0 spiro atoms. The topological polar surface area (TPSA) is 72.5 Å². The van der Waals surface area contributed by atoms with Crippen molar-refractivity contribution < 1.29 is 17.9 Å². The number of methoxy groups -OCH3 is 1. The van der Waals surface area contributed by atoms with Crippen LogP contribution in [0.2, 0.25) is 0 Å². The largest absolute Gasteiger partial charge is 0.468 e. The minimum Gasteiger partial charge on any atom is -0.468 e. The van der Waals surface area contributed by atoms with E-state index in [1.165, 1.54) is 32.1 Å². The monoisotopic (exact) mass is 375 g/mol. The van der Waals surface area contributed by atoms with Crippen LogP contribution in [0.4, 0.5) is 5.69 Å². The maximum Gasteiger partial charge on any atom is 0.324 e. The maximum atomic E-state index is 12.4. The fourth-order valence-corrected chi connectivity index (χ4v) is 3.51. The molecule has 1 aromatic rings. The molecule has 0 aliphatic carbocycles. The highest BCUT2D eigenvalue weighted by atomic mass is 32.2. The maximum absolute atomic E-state index is 12.4. The molecule has 1 unspecified atom stereocenters. The van der Waals surface area contributed by atoms with Gasteiger partial charge < -0.3 is 10.1 Å². The minimum atomic E-state index is -3.70. The van der Waals surface area contributed by atoms with Gasteiger partial charge >= 0.3 is 5.97 Å². The predicted molar refractivity (Wildman–Crippen MR) is 108 cm³/mol. The molecule has 0 fully saturated rings. The van der Waals surface area contributed by atoms with Crippen LogP contribution in [0, 0.1) is 0 Å². The SMILES string of the molecule is C.C.CCCC.CCCC(C(=O)OC)S(=O)(=O)c1ccc(NC)cc1. The van der Waals surface area contributed by atoms with E-state index in [1.807, 2.05) is 6.92 Å². The minimum absolute atomic E-state index is 0. The zero-order valence-electron chi connectivity index (χ0n) is 14.8. The van der Waals surface area contributed by atoms with Gasteiger partial charge in [-0.25, -0.2) is 8.42 Å². The Kier molecular flexibility index (Phi) is 16.7. The van der Waals surface area contributed by atoms with Crippen LogP contribution in [-0.2, 0) is 19.4 Å². The van der Waals surface area contributed by atoms with Gasteiger partial charge in [0.25, 0.3) is 0 Å². The highest BCUT2D eigenvalue weighted by Gasteiger charge is 2.34. The molecule has 0 bridgehead atoms. The van der Waals surface area contributed by atoms with E-state index in [1.54, 1.807) is 19.2 Å². The highest BCUT2D eigenvalue weighted by molar-refractivity contribution is 7.92. The number of nitrogens with one attached hydrogen (secondary N) is 1. The Hall–Kier alpha value is -1.56. The summed E-state index contributed by atoms with van der Waals surface area (Å²) in [6.07, 6.45) is 3.48. The van der Waals surface area contributed by atoms with Gasteiger partial charge in [-0.1, -0.05) is 54.9 Å². The average molecular weight is 376 g/mol. The van der Waals surface area contributed by atoms with Crippen molar-refractivity contribution in [2.24, 2.45) is 0 Å². The fraction of sp³-hybridized carbons (Fsp3) is 0.632. The number of anilines is 1. The molecule has 25 heavy (non-hydrogen) atoms. The van der Waals surface area contributed by atoms with E-state index in [-0.39, 0.29) is 26.2 Å². The third-order valence-corrected chi connectivity index (χ3v) is 5.47. The number of sulfone groups is 1. The first kappa shape index (κ1) is 28.3. The molecule has 0 amide bonds. The molecule has 0 saturated heterocycles. The summed E-state index contributed by atoms with van der Waals surface area (Å²) in [5, 5.41) is 1.77. The van der Waals surface area contributed by atoms with E-state index in [2.05, 4.69) is 23.9 Å². The molecule has 5 nitrogen and oxygen atoms in total. The van der Waals surface area contributed by atoms with Gasteiger partial charge in [0.15, 0.2) is 15.1 Å². The van der Waals surface area contributed by atoms with Crippen LogP contribution in [-0.4, -0.2) is 33.8 Å². The van der Waals surface area contributed by atoms with Crippen LogP contribution in [0.1, 0.15) is 61.3 Å². The standard InChI is InChI=1S/C13H19NO4S.C4H10.2CH4/c1-4-5-12(13(15)18-3)19(16,17)11-8-6-10(14-2)7-9-11;1-3-4-2;;/h6-9,12,14H,4-5H2,1-3H3;3-4H2,1-2H3;2*1H4. The van der Waals surface area contributed by atoms with E-state index in [9.17, 15) is 13.2 Å². The van der Waals surface area contributed by atoms with Crippen LogP contribution in [0.15, 0.2) is 29.2 Å². The zero-order chi connectivity index (χ0) is 17.9. The van der Waals surface area contributed by atoms with E-state index in [0.717, 1.165) is 5.69 Å². The Morgan fingerprint density at radius 1 is 1.04 bits per heavy atom. The number of esters is 1. The molecular formula is C19H37NO4S. The number of hydrogen-bond donors (Lipinski definition) is 1. The number of rotatable bonds is 7. The number of carbonyl (C=O) groups excluding carboxylic acids is 1. The Balaban J connectivity index is -0.000000728. The summed E-state index contributed by atoms with van der Waals surface area (Å²) in [7, 11) is -0.755. The van der Waals surface area contributed by atoms with Gasteiger partial charge in [-0.3, -0.25) is 4.79 Å². The van der Waals surface area contributed by atoms with Crippen molar-refractivity contribution in [3.63, 3.8) is 0 Å². The average Bonchev–Trinajstić information content (AvgIpc) is 2.59. The van der Waals surface area contributed by atoms with Crippen molar-refractivity contribution in [1.82, 2.24) is 0 Å². The van der Waals surface area contributed by atoms with Gasteiger partial charge in [-0.2, -0.15) is 0 Å². The molecular weight excluding hydrogens is 338 g/mol. The van der Waals surface area contributed by atoms with Crippen molar-refractivity contribution in [1.29, 1.82) is 0 Å². The fourth-order valence-electron chi connectivity index (χ4n) is 1.77. The Bertz CT molecular complexity index is 551. The molecule has 148 valence electrons. The molecule has 6 heteroatoms. The highest BCUT2D eigenvalue weighted by Crippen LogP contribution is 2.22. The van der Waals surface area contributed by atoms with Crippen molar-refractivity contribution in [2.75, 3.05) is 19.5 Å². The Morgan fingerprint density at radius 3 is 1.84 bits per heavy atom. The summed E-state index contributed by atoms with van der Waals surface area (Å²) in [5.74, 6) is -0.709. The van der Waals surface area contributed by atoms with Crippen molar-refractivity contribution in [2.45, 2.75) is 71.5 Å². The van der Waals surface area contributed by atoms with Gasteiger partial charge in [-0.15, -0.1) is 0 Å². The van der Waals surface area contributed by atoms with Gasteiger partial charge in [0, 0.05) is 12.7 Å². The van der Waals surface area contributed by atoms with Gasteiger partial charge in [-0.05, 0) is 30.7 Å². The lowest BCUT2D eigenvalue weighted by Gasteiger charge is -2.15. The summed E-state index contributed by atoms with van der Waals surface area (Å²) in [4.78, 5) is 11.8. The number of benzene rings is 1. The molecule has 0 aliphatic rings. The summed E-state index contributed by atoms with van der Waals surface area (Å²) < 4.78 is 29.4. The second-order valence-corrected chi connectivity index (χ2v) is 7.25. The third kappa shape index (κ3) is 8.91. The molecule has 1 N–H and O–H groups in total. The summed E-state index contributed by atoms with van der Waals surface area (Å²) in [6, 6.07) is 6.31. The Labute approximate surface area is 155 Å². The zero-order valence-corrected chi connectivity index (χ0v) is 15.6. The smallest absolute Gasteiger partial charge is 0.324 e. The van der Waals surface area contributed by atoms with Crippen molar-refractivity contribution in [3.05, 3.63) is 24.3 Å². The molecule has 1 aromatic carbocycles. The lowest BCUT2D eigenvalue weighted by atomic mass is 10.2. The number of ether oxygens (including phenoxy) is 1. The number of carbonyl (C=O) groups is 1. The third-order valence-electron chi connectivity index (χ3n) is 3.36. The van der Waals surface area contributed by atoms with Crippen molar-refractivity contribution >= 4 is 21.5 Å². The van der Waals surface area contributed by atoms with Gasteiger partial charge in [0.2, 0.25) is 0 Å². The van der Waals surface area contributed by atoms with Gasteiger partial charge in [0.1, 0.15) is 0 Å². The first-order chi connectivity index (χ1) is 10.9. The van der Waals surface area contributed by atoms with E-state index in [0.29, 0.717) is 6.42 Å². The van der Waals surface area contributed by atoms with Crippen molar-refractivity contribution in [3.8, 4) is 0 Å². The van der Waals surface area contributed by atoms with E-state index in [4.69, 9.17) is 0 Å². The lowest BCUT2D eigenvalue weighted by Crippen LogP contribution is -2.31. The molecule has 1 atom stereocenters.